The van der Waals surface area contributed by atoms with Crippen LogP contribution in [0.15, 0.2) is 84.4 Å². The maximum absolute atomic E-state index is 13.3. The molecule has 4 amide bonds. The highest BCUT2D eigenvalue weighted by atomic mass is 35.5. The maximum atomic E-state index is 13.3. The molecule has 0 spiro atoms. The number of hydrogen-bond acceptors (Lipinski definition) is 6. The van der Waals surface area contributed by atoms with Crippen molar-refractivity contribution < 1.29 is 24.0 Å². The summed E-state index contributed by atoms with van der Waals surface area (Å²) in [6.07, 6.45) is 1.21. The molecule has 39 heavy (non-hydrogen) atoms. The smallest absolute Gasteiger partial charge is 0.335 e. The second-order valence-corrected chi connectivity index (χ2v) is 9.31. The summed E-state index contributed by atoms with van der Waals surface area (Å²) < 4.78 is 6.07. The highest BCUT2D eigenvalue weighted by molar-refractivity contribution is 6.40. The molecule has 5 rings (SSSR count). The van der Waals surface area contributed by atoms with E-state index in [4.69, 9.17) is 27.9 Å². The molecule has 0 aliphatic carbocycles. The third-order valence-electron chi connectivity index (χ3n) is 5.99. The van der Waals surface area contributed by atoms with Gasteiger partial charge in [0.05, 0.1) is 15.6 Å². The summed E-state index contributed by atoms with van der Waals surface area (Å²) in [5, 5.41) is 15.7. The Hall–Kier alpha value is -4.73. The lowest BCUT2D eigenvalue weighted by atomic mass is 10.0. The van der Waals surface area contributed by atoms with Crippen LogP contribution >= 0.6 is 23.2 Å². The molecular formula is C28H17Cl2N3O6. The van der Waals surface area contributed by atoms with Gasteiger partial charge in [-0.2, -0.15) is 0 Å². The fraction of sp³-hybridized carbons (Fsp3) is 0.0357. The first kappa shape index (κ1) is 25.9. The molecule has 0 atom stereocenters. The molecule has 4 aromatic carbocycles. The number of barbiturate groups is 1. The first-order valence-corrected chi connectivity index (χ1v) is 12.2. The number of carbonyl (C=O) groups is 3. The number of nitrogens with one attached hydrogen (secondary N) is 1. The summed E-state index contributed by atoms with van der Waals surface area (Å²) in [7, 11) is 0. The Balaban J connectivity index is 1.52. The van der Waals surface area contributed by atoms with Gasteiger partial charge in [0.15, 0.2) is 0 Å². The highest BCUT2D eigenvalue weighted by Gasteiger charge is 2.37. The lowest BCUT2D eigenvalue weighted by Crippen LogP contribution is -2.54. The second kappa shape index (κ2) is 10.6. The lowest BCUT2D eigenvalue weighted by molar-refractivity contribution is -0.384. The molecule has 1 fully saturated rings. The van der Waals surface area contributed by atoms with Crippen molar-refractivity contribution in [1.29, 1.82) is 0 Å². The van der Waals surface area contributed by atoms with Gasteiger partial charge in [-0.3, -0.25) is 25.0 Å². The summed E-state index contributed by atoms with van der Waals surface area (Å²) in [6.45, 7) is 0.122. The largest absolute Gasteiger partial charge is 0.487 e. The van der Waals surface area contributed by atoms with Gasteiger partial charge in [-0.15, -0.1) is 0 Å². The van der Waals surface area contributed by atoms with Crippen molar-refractivity contribution in [3.63, 3.8) is 0 Å². The summed E-state index contributed by atoms with van der Waals surface area (Å²) >= 11 is 12.7. The normalized spacial score (nSPS) is 14.6. The van der Waals surface area contributed by atoms with Gasteiger partial charge in [0.1, 0.15) is 17.9 Å². The fourth-order valence-corrected chi connectivity index (χ4v) is 4.76. The zero-order valence-corrected chi connectivity index (χ0v) is 21.4. The quantitative estimate of drug-likeness (QED) is 0.128. The number of carbonyl (C=O) groups excluding carboxylic acids is 3. The number of nitro groups is 1. The van der Waals surface area contributed by atoms with E-state index in [1.165, 1.54) is 36.4 Å². The van der Waals surface area contributed by atoms with E-state index in [1.54, 1.807) is 0 Å². The summed E-state index contributed by atoms with van der Waals surface area (Å²) in [4.78, 5) is 49.8. The van der Waals surface area contributed by atoms with Crippen LogP contribution in [-0.2, 0) is 16.2 Å². The molecule has 0 bridgehead atoms. The van der Waals surface area contributed by atoms with Crippen LogP contribution in [0.3, 0.4) is 0 Å². The van der Waals surface area contributed by atoms with E-state index in [1.807, 2.05) is 42.5 Å². The van der Waals surface area contributed by atoms with Crippen molar-refractivity contribution >= 4 is 69.3 Å². The number of urea groups is 1. The Morgan fingerprint density at radius 1 is 0.949 bits per heavy atom. The number of nitro benzene ring substituents is 1. The van der Waals surface area contributed by atoms with Gasteiger partial charge in [-0.1, -0.05) is 71.7 Å². The third-order valence-corrected chi connectivity index (χ3v) is 6.49. The number of fused-ring (bicyclic) bond motifs is 1. The Morgan fingerprint density at radius 3 is 2.49 bits per heavy atom. The molecule has 0 radical (unpaired) electrons. The SMILES string of the molecule is O=C1NC(=O)N(c2cccc([N+](=O)[O-])c2)C(=O)/C1=C/c1cc(Cl)cc(Cl)c1OCc1cccc2ccccc12. The molecule has 0 unspecified atom stereocenters. The average molecular weight is 562 g/mol. The number of halogens is 2. The van der Waals surface area contributed by atoms with Crippen LogP contribution in [0.1, 0.15) is 11.1 Å². The molecule has 9 nitrogen and oxygen atoms in total. The van der Waals surface area contributed by atoms with Crippen LogP contribution in [0, 0.1) is 10.1 Å². The van der Waals surface area contributed by atoms with Crippen molar-refractivity contribution in [2.75, 3.05) is 4.90 Å². The van der Waals surface area contributed by atoms with Gasteiger partial charge in [0, 0.05) is 22.7 Å². The van der Waals surface area contributed by atoms with Gasteiger partial charge < -0.3 is 4.74 Å². The van der Waals surface area contributed by atoms with Crippen LogP contribution in [0.5, 0.6) is 5.75 Å². The Bertz CT molecular complexity index is 1710. The first-order valence-electron chi connectivity index (χ1n) is 11.5. The van der Waals surface area contributed by atoms with Crippen molar-refractivity contribution in [3.05, 3.63) is 116 Å². The second-order valence-electron chi connectivity index (χ2n) is 8.47. The molecule has 1 heterocycles. The predicted molar refractivity (Wildman–Crippen MR) is 147 cm³/mol. The number of amides is 4. The van der Waals surface area contributed by atoms with Crippen LogP contribution in [0.2, 0.25) is 10.0 Å². The van der Waals surface area contributed by atoms with E-state index in [-0.39, 0.29) is 39.3 Å². The van der Waals surface area contributed by atoms with E-state index in [2.05, 4.69) is 5.32 Å². The van der Waals surface area contributed by atoms with E-state index in [0.717, 1.165) is 22.4 Å². The molecule has 0 saturated carbocycles. The van der Waals surface area contributed by atoms with E-state index < -0.39 is 28.3 Å². The minimum atomic E-state index is -1.04. The van der Waals surface area contributed by atoms with Crippen molar-refractivity contribution in [2.45, 2.75) is 6.61 Å². The zero-order valence-electron chi connectivity index (χ0n) is 19.9. The van der Waals surface area contributed by atoms with Crippen LogP contribution in [-0.4, -0.2) is 22.8 Å². The van der Waals surface area contributed by atoms with Crippen molar-refractivity contribution in [2.24, 2.45) is 0 Å². The number of non-ortho nitro benzene ring substituents is 1. The number of hydrogen-bond donors (Lipinski definition) is 1. The fourth-order valence-electron chi connectivity index (χ4n) is 4.20. The Morgan fingerprint density at radius 2 is 1.69 bits per heavy atom. The van der Waals surface area contributed by atoms with Crippen molar-refractivity contribution in [3.8, 4) is 5.75 Å². The molecule has 4 aromatic rings. The number of imide groups is 2. The van der Waals surface area contributed by atoms with Crippen LogP contribution in [0.25, 0.3) is 16.8 Å². The number of benzene rings is 4. The zero-order chi connectivity index (χ0) is 27.7. The Labute approximate surface area is 231 Å². The number of anilines is 1. The number of nitrogens with zero attached hydrogens (tertiary/aromatic N) is 2. The molecule has 1 N–H and O–H groups in total. The number of rotatable bonds is 6. The van der Waals surface area contributed by atoms with Gasteiger partial charge in [0.2, 0.25) is 0 Å². The van der Waals surface area contributed by atoms with Gasteiger partial charge in [-0.25, -0.2) is 9.69 Å². The van der Waals surface area contributed by atoms with E-state index in [0.29, 0.717) is 4.90 Å². The number of ether oxygens (including phenoxy) is 1. The lowest BCUT2D eigenvalue weighted by Gasteiger charge is -2.26. The third kappa shape index (κ3) is 5.18. The molecular weight excluding hydrogens is 545 g/mol. The molecule has 11 heteroatoms. The predicted octanol–water partition coefficient (Wildman–Crippen LogP) is 6.30. The minimum absolute atomic E-state index is 0.0818. The highest BCUT2D eigenvalue weighted by Crippen LogP contribution is 2.36. The standard InChI is InChI=1S/C28H17Cl2N3O6/c29-19-11-18(25(24(30)13-19)39-15-17-7-3-6-16-5-1-2-10-22(16)17)12-23-26(34)31-28(36)32(27(23)35)20-8-4-9-21(14-20)33(37)38/h1-14H,15H2,(H,31,34,36)/b23-12+. The van der Waals surface area contributed by atoms with E-state index in [9.17, 15) is 24.5 Å². The molecule has 1 aliphatic rings. The average Bonchev–Trinajstić information content (AvgIpc) is 2.90. The molecule has 1 aliphatic heterocycles. The topological polar surface area (TPSA) is 119 Å². The van der Waals surface area contributed by atoms with E-state index >= 15 is 0 Å². The van der Waals surface area contributed by atoms with Gasteiger partial charge >= 0.3 is 6.03 Å². The van der Waals surface area contributed by atoms with Crippen molar-refractivity contribution in [1.82, 2.24) is 5.32 Å². The van der Waals surface area contributed by atoms with Gasteiger partial charge in [0.25, 0.3) is 17.5 Å². The monoisotopic (exact) mass is 561 g/mol. The minimum Gasteiger partial charge on any atom is -0.487 e. The maximum Gasteiger partial charge on any atom is 0.335 e. The van der Waals surface area contributed by atoms with Crippen LogP contribution < -0.4 is 15.0 Å². The van der Waals surface area contributed by atoms with Crippen LogP contribution in [0.4, 0.5) is 16.2 Å². The Kier molecular flexibility index (Phi) is 7.02. The first-order chi connectivity index (χ1) is 18.7. The molecule has 1 saturated heterocycles. The molecule has 194 valence electrons. The summed E-state index contributed by atoms with van der Waals surface area (Å²) in [6, 6.07) is 20.4. The molecule has 0 aromatic heterocycles. The summed E-state index contributed by atoms with van der Waals surface area (Å²) in [5.74, 6) is -1.77. The van der Waals surface area contributed by atoms with Gasteiger partial charge in [-0.05, 0) is 40.6 Å². The summed E-state index contributed by atoms with van der Waals surface area (Å²) in [5.41, 5.74) is 0.267.